The second-order valence-corrected chi connectivity index (χ2v) is 6.23. The summed E-state index contributed by atoms with van der Waals surface area (Å²) in [6.45, 7) is 5.86. The average molecular weight is 309 g/mol. The number of pyridine rings is 1. The van der Waals surface area contributed by atoms with Crippen LogP contribution in [0.5, 0.6) is 0 Å². The third-order valence-corrected chi connectivity index (χ3v) is 4.29. The van der Waals surface area contributed by atoms with E-state index in [0.29, 0.717) is 5.69 Å². The topological polar surface area (TPSA) is 45.2 Å². The normalized spacial score (nSPS) is 14.6. The number of amides is 1. The highest BCUT2D eigenvalue weighted by Crippen LogP contribution is 2.21. The largest absolute Gasteiger partial charge is 0.354 e. The van der Waals surface area contributed by atoms with E-state index >= 15 is 0 Å². The quantitative estimate of drug-likeness (QED) is 0.929. The number of piperidine rings is 1. The molecule has 0 saturated carbocycles. The Hall–Kier alpha value is -2.36. The molecule has 0 spiro atoms. The number of carbonyl (C=O) groups excluding carboxylic acids is 1. The van der Waals surface area contributed by atoms with E-state index < -0.39 is 0 Å². The van der Waals surface area contributed by atoms with Gasteiger partial charge >= 0.3 is 0 Å². The monoisotopic (exact) mass is 309 g/mol. The summed E-state index contributed by atoms with van der Waals surface area (Å²) >= 11 is 0. The molecule has 1 fully saturated rings. The van der Waals surface area contributed by atoms with E-state index in [-0.39, 0.29) is 5.91 Å². The van der Waals surface area contributed by atoms with Gasteiger partial charge in [0.1, 0.15) is 5.69 Å². The van der Waals surface area contributed by atoms with Gasteiger partial charge in [0.25, 0.3) is 5.91 Å². The van der Waals surface area contributed by atoms with Crippen LogP contribution >= 0.6 is 0 Å². The van der Waals surface area contributed by atoms with Crippen molar-refractivity contribution in [2.45, 2.75) is 33.1 Å². The fourth-order valence-electron chi connectivity index (χ4n) is 2.96. The lowest BCUT2D eigenvalue weighted by molar-refractivity contribution is 0.0718. The van der Waals surface area contributed by atoms with Crippen LogP contribution in [0.3, 0.4) is 0 Å². The molecular formula is C19H23N3O. The summed E-state index contributed by atoms with van der Waals surface area (Å²) in [7, 11) is 0. The molecule has 0 unspecified atom stereocenters. The van der Waals surface area contributed by atoms with Crippen LogP contribution in [0, 0.1) is 13.8 Å². The van der Waals surface area contributed by atoms with Gasteiger partial charge in [-0.15, -0.1) is 0 Å². The van der Waals surface area contributed by atoms with Crippen molar-refractivity contribution in [3.63, 3.8) is 0 Å². The Balaban J connectivity index is 1.70. The number of aromatic nitrogens is 1. The van der Waals surface area contributed by atoms with Crippen LogP contribution in [0.4, 0.5) is 11.4 Å². The lowest BCUT2D eigenvalue weighted by atomic mass is 10.1. The zero-order chi connectivity index (χ0) is 16.2. The number of aryl methyl sites for hydroxylation is 2. The van der Waals surface area contributed by atoms with Gasteiger partial charge in [0.05, 0.1) is 11.9 Å². The van der Waals surface area contributed by atoms with Crippen LogP contribution in [0.2, 0.25) is 0 Å². The summed E-state index contributed by atoms with van der Waals surface area (Å²) in [5.74, 6) is 0.0442. The van der Waals surface area contributed by atoms with E-state index in [1.807, 2.05) is 17.0 Å². The van der Waals surface area contributed by atoms with Crippen molar-refractivity contribution >= 4 is 17.3 Å². The van der Waals surface area contributed by atoms with E-state index in [1.54, 1.807) is 6.20 Å². The van der Waals surface area contributed by atoms with Gasteiger partial charge < -0.3 is 10.2 Å². The lowest BCUT2D eigenvalue weighted by Gasteiger charge is -2.26. The number of nitrogens with zero attached hydrogens (tertiary/aromatic N) is 2. The summed E-state index contributed by atoms with van der Waals surface area (Å²) in [6.07, 6.45) is 5.14. The zero-order valence-corrected chi connectivity index (χ0v) is 13.8. The van der Waals surface area contributed by atoms with Crippen LogP contribution in [0.25, 0.3) is 0 Å². The summed E-state index contributed by atoms with van der Waals surface area (Å²) in [5, 5.41) is 3.36. The lowest BCUT2D eigenvalue weighted by Crippen LogP contribution is -2.36. The number of likely N-dealkylation sites (tertiary alicyclic amines) is 1. The number of rotatable bonds is 3. The molecule has 1 aliphatic heterocycles. The molecule has 0 aliphatic carbocycles. The fourth-order valence-corrected chi connectivity index (χ4v) is 2.96. The van der Waals surface area contributed by atoms with Gasteiger partial charge in [-0.25, -0.2) is 4.98 Å². The molecule has 1 aromatic heterocycles. The average Bonchev–Trinajstić information content (AvgIpc) is 2.58. The summed E-state index contributed by atoms with van der Waals surface area (Å²) in [6, 6.07) is 10.0. The molecule has 23 heavy (non-hydrogen) atoms. The first-order valence-corrected chi connectivity index (χ1v) is 8.23. The van der Waals surface area contributed by atoms with Crippen LogP contribution < -0.4 is 5.32 Å². The maximum Gasteiger partial charge on any atom is 0.272 e. The van der Waals surface area contributed by atoms with Crippen molar-refractivity contribution in [2.75, 3.05) is 18.4 Å². The molecule has 1 N–H and O–H groups in total. The molecule has 0 bridgehead atoms. The minimum Gasteiger partial charge on any atom is -0.354 e. The van der Waals surface area contributed by atoms with Crippen LogP contribution in [-0.2, 0) is 0 Å². The van der Waals surface area contributed by atoms with E-state index in [9.17, 15) is 4.79 Å². The van der Waals surface area contributed by atoms with E-state index in [4.69, 9.17) is 0 Å². The van der Waals surface area contributed by atoms with Gasteiger partial charge in [-0.1, -0.05) is 17.7 Å². The molecule has 1 saturated heterocycles. The van der Waals surface area contributed by atoms with Crippen LogP contribution in [-0.4, -0.2) is 28.9 Å². The standard InChI is InChI=1S/C19H23N3O/c1-14-6-8-17(15(2)12-14)21-16-7-9-18(20-13-16)19(23)22-10-4-3-5-11-22/h6-9,12-13,21H,3-5,10-11H2,1-2H3. The zero-order valence-electron chi connectivity index (χ0n) is 13.8. The first kappa shape index (κ1) is 15.5. The van der Waals surface area contributed by atoms with Crippen LogP contribution in [0.15, 0.2) is 36.5 Å². The second kappa shape index (κ2) is 6.82. The third kappa shape index (κ3) is 3.70. The van der Waals surface area contributed by atoms with Gasteiger partial charge in [0.2, 0.25) is 0 Å². The van der Waals surface area contributed by atoms with Gasteiger partial charge in [0.15, 0.2) is 0 Å². The maximum absolute atomic E-state index is 12.4. The molecule has 1 aromatic carbocycles. The SMILES string of the molecule is Cc1ccc(Nc2ccc(C(=O)N3CCCCC3)nc2)c(C)c1. The number of carbonyl (C=O) groups is 1. The Labute approximate surface area is 137 Å². The molecule has 120 valence electrons. The van der Waals surface area contributed by atoms with Gasteiger partial charge in [-0.3, -0.25) is 4.79 Å². The van der Waals surface area contributed by atoms with Crippen LogP contribution in [0.1, 0.15) is 40.9 Å². The van der Waals surface area contributed by atoms with Gasteiger partial charge in [-0.2, -0.15) is 0 Å². The van der Waals surface area contributed by atoms with Crippen molar-refractivity contribution in [2.24, 2.45) is 0 Å². The van der Waals surface area contributed by atoms with E-state index in [2.05, 4.69) is 42.3 Å². The van der Waals surface area contributed by atoms with Crippen molar-refractivity contribution in [3.8, 4) is 0 Å². The van der Waals surface area contributed by atoms with Crippen molar-refractivity contribution in [3.05, 3.63) is 53.3 Å². The fraction of sp³-hybridized carbons (Fsp3) is 0.368. The third-order valence-electron chi connectivity index (χ3n) is 4.29. The number of hydrogen-bond acceptors (Lipinski definition) is 3. The number of anilines is 2. The molecule has 2 aromatic rings. The summed E-state index contributed by atoms with van der Waals surface area (Å²) in [5.41, 5.74) is 4.92. The van der Waals surface area contributed by atoms with Crippen molar-refractivity contribution < 1.29 is 4.79 Å². The molecule has 4 heteroatoms. The molecule has 1 aliphatic rings. The Morgan fingerprint density at radius 3 is 2.52 bits per heavy atom. The number of benzene rings is 1. The highest BCUT2D eigenvalue weighted by atomic mass is 16.2. The first-order chi connectivity index (χ1) is 11.1. The number of nitrogens with one attached hydrogen (secondary N) is 1. The molecule has 0 atom stereocenters. The van der Waals surface area contributed by atoms with Gasteiger partial charge in [-0.05, 0) is 56.9 Å². The number of hydrogen-bond donors (Lipinski definition) is 1. The summed E-state index contributed by atoms with van der Waals surface area (Å²) < 4.78 is 0. The predicted molar refractivity (Wildman–Crippen MR) is 93.2 cm³/mol. The molecule has 3 rings (SSSR count). The van der Waals surface area contributed by atoms with Crippen molar-refractivity contribution in [1.29, 1.82) is 0 Å². The van der Waals surface area contributed by atoms with E-state index in [0.717, 1.165) is 37.3 Å². The molecular weight excluding hydrogens is 286 g/mol. The summed E-state index contributed by atoms with van der Waals surface area (Å²) in [4.78, 5) is 18.7. The minimum absolute atomic E-state index is 0.0442. The maximum atomic E-state index is 12.4. The molecule has 4 nitrogen and oxygen atoms in total. The minimum atomic E-state index is 0.0442. The Morgan fingerprint density at radius 2 is 1.87 bits per heavy atom. The first-order valence-electron chi connectivity index (χ1n) is 8.23. The Kier molecular flexibility index (Phi) is 4.60. The molecule has 1 amide bonds. The Morgan fingerprint density at radius 1 is 1.09 bits per heavy atom. The smallest absolute Gasteiger partial charge is 0.272 e. The van der Waals surface area contributed by atoms with Crippen molar-refractivity contribution in [1.82, 2.24) is 9.88 Å². The van der Waals surface area contributed by atoms with Gasteiger partial charge in [0, 0.05) is 18.8 Å². The molecule has 0 radical (unpaired) electrons. The molecule has 2 heterocycles. The predicted octanol–water partition coefficient (Wildman–Crippen LogP) is 4.07. The second-order valence-electron chi connectivity index (χ2n) is 6.23. The Bertz CT molecular complexity index is 688. The highest BCUT2D eigenvalue weighted by molar-refractivity contribution is 5.92. The highest BCUT2D eigenvalue weighted by Gasteiger charge is 2.18. The van der Waals surface area contributed by atoms with E-state index in [1.165, 1.54) is 17.5 Å².